The molecule has 2 N–H and O–H groups in total. The normalized spacial score (nSPS) is 18.0. The Hall–Kier alpha value is -2.01. The van der Waals surface area contributed by atoms with Gasteiger partial charge in [-0.05, 0) is 44.5 Å². The summed E-state index contributed by atoms with van der Waals surface area (Å²) in [5.41, 5.74) is 1.30. The molecule has 1 fully saturated rings. The van der Waals surface area contributed by atoms with E-state index >= 15 is 0 Å². The molecule has 2 aromatic rings. The molecular formula is C19H26N4S. The molecule has 24 heavy (non-hydrogen) atoms. The molecule has 0 bridgehead atoms. The minimum absolute atomic E-state index is 0.438. The molecule has 1 aromatic carbocycles. The van der Waals surface area contributed by atoms with E-state index in [1.165, 1.54) is 15.4 Å². The van der Waals surface area contributed by atoms with Gasteiger partial charge in [0, 0.05) is 41.1 Å². The summed E-state index contributed by atoms with van der Waals surface area (Å²) in [6, 6.07) is 15.4. The molecule has 1 aromatic heterocycles. The molecule has 0 spiro atoms. The second kappa shape index (κ2) is 8.20. The van der Waals surface area contributed by atoms with Gasteiger partial charge in [0.05, 0.1) is 6.54 Å². The summed E-state index contributed by atoms with van der Waals surface area (Å²) in [5.74, 6) is 0.920. The van der Waals surface area contributed by atoms with Gasteiger partial charge in [-0.15, -0.1) is 11.3 Å². The SMILES string of the molecule is CCNC(=NCc1ccc(C)s1)NC1CCN(c2ccccc2)C1. The molecule has 0 amide bonds. The summed E-state index contributed by atoms with van der Waals surface area (Å²) in [6.45, 7) is 7.97. The van der Waals surface area contributed by atoms with Crippen LogP contribution in [0.3, 0.4) is 0 Å². The fraction of sp³-hybridized carbons (Fsp3) is 0.421. The maximum absolute atomic E-state index is 4.74. The summed E-state index contributed by atoms with van der Waals surface area (Å²) < 4.78 is 0. The van der Waals surface area contributed by atoms with Gasteiger partial charge in [0.2, 0.25) is 0 Å². The molecule has 1 atom stereocenters. The standard InChI is InChI=1S/C19H26N4S/c1-3-20-19(21-13-18-10-9-15(2)24-18)22-16-11-12-23(14-16)17-7-5-4-6-8-17/h4-10,16H,3,11-14H2,1-2H3,(H2,20,21,22). The number of rotatable bonds is 5. The number of nitrogens with zero attached hydrogens (tertiary/aromatic N) is 2. The van der Waals surface area contributed by atoms with E-state index in [2.05, 4.69) is 71.8 Å². The Kier molecular flexibility index (Phi) is 5.75. The molecule has 0 aliphatic carbocycles. The smallest absolute Gasteiger partial charge is 0.191 e. The molecular weight excluding hydrogens is 316 g/mol. The van der Waals surface area contributed by atoms with Gasteiger partial charge in [-0.3, -0.25) is 0 Å². The fourth-order valence-electron chi connectivity index (χ4n) is 2.99. The average Bonchev–Trinajstić information content (AvgIpc) is 3.23. The van der Waals surface area contributed by atoms with Crippen LogP contribution in [0.25, 0.3) is 0 Å². The molecule has 3 rings (SSSR count). The number of para-hydroxylation sites is 1. The first-order chi connectivity index (χ1) is 11.7. The largest absolute Gasteiger partial charge is 0.369 e. The Balaban J connectivity index is 1.57. The van der Waals surface area contributed by atoms with Crippen LogP contribution in [0.15, 0.2) is 47.5 Å². The van der Waals surface area contributed by atoms with Crippen LogP contribution in [0.1, 0.15) is 23.1 Å². The van der Waals surface area contributed by atoms with Crippen molar-refractivity contribution < 1.29 is 0 Å². The highest BCUT2D eigenvalue weighted by atomic mass is 32.1. The van der Waals surface area contributed by atoms with Crippen LogP contribution in [0.5, 0.6) is 0 Å². The predicted octanol–water partition coefficient (Wildman–Crippen LogP) is 3.39. The van der Waals surface area contributed by atoms with Crippen LogP contribution in [-0.4, -0.2) is 31.6 Å². The number of aliphatic imine (C=N–C) groups is 1. The van der Waals surface area contributed by atoms with Crippen molar-refractivity contribution >= 4 is 23.0 Å². The zero-order valence-electron chi connectivity index (χ0n) is 14.5. The Morgan fingerprint density at radius 2 is 2.08 bits per heavy atom. The third-order valence-electron chi connectivity index (χ3n) is 4.18. The molecule has 4 nitrogen and oxygen atoms in total. The van der Waals surface area contributed by atoms with Crippen molar-refractivity contribution in [2.75, 3.05) is 24.5 Å². The van der Waals surface area contributed by atoms with Crippen LogP contribution in [0, 0.1) is 6.92 Å². The van der Waals surface area contributed by atoms with Gasteiger partial charge in [0.25, 0.3) is 0 Å². The zero-order chi connectivity index (χ0) is 16.8. The molecule has 0 radical (unpaired) electrons. The molecule has 128 valence electrons. The fourth-order valence-corrected chi connectivity index (χ4v) is 3.81. The first-order valence-corrected chi connectivity index (χ1v) is 9.46. The van der Waals surface area contributed by atoms with Gasteiger partial charge in [-0.1, -0.05) is 18.2 Å². The van der Waals surface area contributed by atoms with Crippen LogP contribution >= 0.6 is 11.3 Å². The van der Waals surface area contributed by atoms with Crippen molar-refractivity contribution in [2.24, 2.45) is 4.99 Å². The van der Waals surface area contributed by atoms with E-state index in [1.807, 2.05) is 11.3 Å². The van der Waals surface area contributed by atoms with E-state index in [-0.39, 0.29) is 0 Å². The maximum atomic E-state index is 4.74. The van der Waals surface area contributed by atoms with Gasteiger partial charge in [-0.25, -0.2) is 4.99 Å². The number of hydrogen-bond donors (Lipinski definition) is 2. The first kappa shape index (κ1) is 16.8. The molecule has 1 unspecified atom stereocenters. The van der Waals surface area contributed by atoms with E-state index in [9.17, 15) is 0 Å². The molecule has 0 saturated carbocycles. The topological polar surface area (TPSA) is 39.7 Å². The van der Waals surface area contributed by atoms with E-state index < -0.39 is 0 Å². The van der Waals surface area contributed by atoms with Gasteiger partial charge >= 0.3 is 0 Å². The van der Waals surface area contributed by atoms with Crippen molar-refractivity contribution in [1.29, 1.82) is 0 Å². The number of aryl methyl sites for hydroxylation is 1. The lowest BCUT2D eigenvalue weighted by molar-refractivity contribution is 0.649. The van der Waals surface area contributed by atoms with Gasteiger partial charge < -0.3 is 15.5 Å². The Labute approximate surface area is 148 Å². The maximum Gasteiger partial charge on any atom is 0.191 e. The summed E-state index contributed by atoms with van der Waals surface area (Å²) in [4.78, 5) is 9.83. The highest BCUT2D eigenvalue weighted by molar-refractivity contribution is 7.11. The third-order valence-corrected chi connectivity index (χ3v) is 5.17. The van der Waals surface area contributed by atoms with Crippen molar-refractivity contribution in [3.63, 3.8) is 0 Å². The first-order valence-electron chi connectivity index (χ1n) is 8.64. The molecule has 1 aliphatic rings. The quantitative estimate of drug-likeness (QED) is 0.646. The van der Waals surface area contributed by atoms with Crippen LogP contribution in [0.2, 0.25) is 0 Å². The second-order valence-electron chi connectivity index (χ2n) is 6.12. The Morgan fingerprint density at radius 3 is 2.79 bits per heavy atom. The molecule has 1 aliphatic heterocycles. The predicted molar refractivity (Wildman–Crippen MR) is 104 cm³/mol. The zero-order valence-corrected chi connectivity index (χ0v) is 15.3. The number of nitrogens with one attached hydrogen (secondary N) is 2. The lowest BCUT2D eigenvalue weighted by Crippen LogP contribution is -2.44. The summed E-state index contributed by atoms with van der Waals surface area (Å²) in [5, 5.41) is 6.96. The van der Waals surface area contributed by atoms with Crippen molar-refractivity contribution in [1.82, 2.24) is 10.6 Å². The van der Waals surface area contributed by atoms with Gasteiger partial charge in [-0.2, -0.15) is 0 Å². The minimum Gasteiger partial charge on any atom is -0.369 e. The highest BCUT2D eigenvalue weighted by Gasteiger charge is 2.23. The van der Waals surface area contributed by atoms with Crippen molar-refractivity contribution in [3.05, 3.63) is 52.2 Å². The minimum atomic E-state index is 0.438. The highest BCUT2D eigenvalue weighted by Crippen LogP contribution is 2.20. The molecule has 1 saturated heterocycles. The average molecular weight is 343 g/mol. The number of benzene rings is 1. The lowest BCUT2D eigenvalue weighted by Gasteiger charge is -2.20. The van der Waals surface area contributed by atoms with Crippen LogP contribution in [0.4, 0.5) is 5.69 Å². The summed E-state index contributed by atoms with van der Waals surface area (Å²) in [6.07, 6.45) is 1.14. The third kappa shape index (κ3) is 4.51. The van der Waals surface area contributed by atoms with E-state index in [0.717, 1.165) is 38.6 Å². The molecule has 2 heterocycles. The van der Waals surface area contributed by atoms with Gasteiger partial charge in [0.15, 0.2) is 5.96 Å². The number of hydrogen-bond acceptors (Lipinski definition) is 3. The van der Waals surface area contributed by atoms with Crippen molar-refractivity contribution in [3.8, 4) is 0 Å². The second-order valence-corrected chi connectivity index (χ2v) is 7.49. The van der Waals surface area contributed by atoms with Crippen LogP contribution < -0.4 is 15.5 Å². The molecule has 5 heteroatoms. The summed E-state index contributed by atoms with van der Waals surface area (Å²) >= 11 is 1.82. The monoisotopic (exact) mass is 342 g/mol. The summed E-state index contributed by atoms with van der Waals surface area (Å²) in [7, 11) is 0. The Bertz CT molecular complexity index is 665. The number of guanidine groups is 1. The van der Waals surface area contributed by atoms with E-state index in [4.69, 9.17) is 4.99 Å². The number of thiophene rings is 1. The van der Waals surface area contributed by atoms with Crippen LogP contribution in [-0.2, 0) is 6.54 Å². The van der Waals surface area contributed by atoms with Crippen molar-refractivity contribution in [2.45, 2.75) is 32.9 Å². The number of anilines is 1. The van der Waals surface area contributed by atoms with Gasteiger partial charge in [0.1, 0.15) is 0 Å². The van der Waals surface area contributed by atoms with E-state index in [0.29, 0.717) is 6.04 Å². The Morgan fingerprint density at radius 1 is 1.25 bits per heavy atom. The van der Waals surface area contributed by atoms with E-state index in [1.54, 1.807) is 0 Å². The lowest BCUT2D eigenvalue weighted by atomic mass is 10.3.